The number of hydrogen-bond acceptors (Lipinski definition) is 7. The predicted octanol–water partition coefficient (Wildman–Crippen LogP) is 3.78. The fourth-order valence-electron chi connectivity index (χ4n) is 5.18. The van der Waals surface area contributed by atoms with Gasteiger partial charge in [0.25, 0.3) is 5.69 Å². The molecule has 0 unspecified atom stereocenters. The summed E-state index contributed by atoms with van der Waals surface area (Å²) >= 11 is 0. The fraction of sp³-hybridized carbons (Fsp3) is 0.583. The number of benzene rings is 1. The van der Waals surface area contributed by atoms with Crippen LogP contribution in [0.4, 0.5) is 17.5 Å². The normalized spacial score (nSPS) is 19.9. The lowest BCUT2D eigenvalue weighted by atomic mass is 9.99. The Kier molecular flexibility index (Phi) is 5.95. The minimum absolute atomic E-state index is 0.198. The Balaban J connectivity index is 1.43. The molecular formula is C24H32N6O2. The topological polar surface area (TPSA) is 78.6 Å². The van der Waals surface area contributed by atoms with Crippen molar-refractivity contribution in [2.45, 2.75) is 52.1 Å². The van der Waals surface area contributed by atoms with Gasteiger partial charge in [-0.05, 0) is 31.6 Å². The maximum Gasteiger partial charge on any atom is 0.273 e. The molecule has 0 bridgehead atoms. The van der Waals surface area contributed by atoms with Crippen molar-refractivity contribution < 1.29 is 4.92 Å². The monoisotopic (exact) mass is 436 g/mol. The molecule has 2 fully saturated rings. The van der Waals surface area contributed by atoms with Gasteiger partial charge in [-0.15, -0.1) is 0 Å². The SMILES string of the molecule is CC1CCN(c2nc3c(c(N4CCCC4)n2)CN(Cc2ccccc2[N+](=O)[O-])CC3)CC1. The quantitative estimate of drug-likeness (QED) is 0.521. The first kappa shape index (κ1) is 21.1. The first-order valence-electron chi connectivity index (χ1n) is 11.9. The molecule has 0 N–H and O–H groups in total. The molecule has 8 nitrogen and oxygen atoms in total. The van der Waals surface area contributed by atoms with E-state index < -0.39 is 0 Å². The van der Waals surface area contributed by atoms with E-state index in [-0.39, 0.29) is 10.6 Å². The van der Waals surface area contributed by atoms with Gasteiger partial charge in [-0.2, -0.15) is 4.98 Å². The van der Waals surface area contributed by atoms with E-state index in [0.29, 0.717) is 6.54 Å². The van der Waals surface area contributed by atoms with E-state index >= 15 is 0 Å². The van der Waals surface area contributed by atoms with Crippen LogP contribution >= 0.6 is 0 Å². The van der Waals surface area contributed by atoms with Gasteiger partial charge in [0.1, 0.15) is 5.82 Å². The average molecular weight is 437 g/mol. The van der Waals surface area contributed by atoms with E-state index in [0.717, 1.165) is 74.6 Å². The predicted molar refractivity (Wildman–Crippen MR) is 125 cm³/mol. The highest BCUT2D eigenvalue weighted by atomic mass is 16.6. The molecule has 170 valence electrons. The second-order valence-corrected chi connectivity index (χ2v) is 9.48. The van der Waals surface area contributed by atoms with Crippen molar-refractivity contribution in [3.05, 3.63) is 51.2 Å². The number of para-hydroxylation sites is 1. The lowest BCUT2D eigenvalue weighted by Gasteiger charge is -2.35. The zero-order chi connectivity index (χ0) is 22.1. The van der Waals surface area contributed by atoms with Crippen LogP contribution in [0.1, 0.15) is 49.4 Å². The van der Waals surface area contributed by atoms with Crippen LogP contribution in [0, 0.1) is 16.0 Å². The Morgan fingerprint density at radius 2 is 1.78 bits per heavy atom. The third-order valence-corrected chi connectivity index (χ3v) is 7.16. The second-order valence-electron chi connectivity index (χ2n) is 9.48. The van der Waals surface area contributed by atoms with E-state index in [2.05, 4.69) is 21.6 Å². The molecule has 2 aromatic rings. The number of nitro groups is 1. The van der Waals surface area contributed by atoms with Gasteiger partial charge in [-0.3, -0.25) is 15.0 Å². The summed E-state index contributed by atoms with van der Waals surface area (Å²) in [4.78, 5) is 28.4. The molecule has 0 spiro atoms. The molecule has 1 aromatic carbocycles. The molecule has 3 aliphatic rings. The highest BCUT2D eigenvalue weighted by molar-refractivity contribution is 5.55. The zero-order valence-electron chi connectivity index (χ0n) is 18.9. The molecule has 1 aromatic heterocycles. The van der Waals surface area contributed by atoms with Crippen LogP contribution in [0.5, 0.6) is 0 Å². The van der Waals surface area contributed by atoms with Gasteiger partial charge in [0.05, 0.1) is 10.6 Å². The molecule has 0 radical (unpaired) electrons. The Morgan fingerprint density at radius 3 is 2.53 bits per heavy atom. The number of hydrogen-bond donors (Lipinski definition) is 0. The van der Waals surface area contributed by atoms with E-state index in [1.54, 1.807) is 12.1 Å². The van der Waals surface area contributed by atoms with Crippen LogP contribution in [-0.2, 0) is 19.5 Å². The van der Waals surface area contributed by atoms with Crippen molar-refractivity contribution in [1.82, 2.24) is 14.9 Å². The van der Waals surface area contributed by atoms with Crippen molar-refractivity contribution in [1.29, 1.82) is 0 Å². The summed E-state index contributed by atoms with van der Waals surface area (Å²) in [7, 11) is 0. The summed E-state index contributed by atoms with van der Waals surface area (Å²) in [6, 6.07) is 7.07. The van der Waals surface area contributed by atoms with Crippen molar-refractivity contribution >= 4 is 17.5 Å². The highest BCUT2D eigenvalue weighted by Crippen LogP contribution is 2.33. The van der Waals surface area contributed by atoms with Crippen LogP contribution < -0.4 is 9.80 Å². The molecular weight excluding hydrogens is 404 g/mol. The zero-order valence-corrected chi connectivity index (χ0v) is 18.9. The molecule has 3 aliphatic heterocycles. The molecule has 0 atom stereocenters. The number of nitrogens with zero attached hydrogens (tertiary/aromatic N) is 6. The van der Waals surface area contributed by atoms with Crippen LogP contribution in [0.3, 0.4) is 0 Å². The summed E-state index contributed by atoms with van der Waals surface area (Å²) in [5.74, 6) is 2.76. The molecule has 32 heavy (non-hydrogen) atoms. The Bertz CT molecular complexity index is 982. The average Bonchev–Trinajstić information content (AvgIpc) is 3.34. The van der Waals surface area contributed by atoms with E-state index in [1.807, 2.05) is 12.1 Å². The van der Waals surface area contributed by atoms with Gasteiger partial charge in [-0.25, -0.2) is 4.98 Å². The number of nitro benzene ring substituents is 1. The molecule has 0 saturated carbocycles. The number of piperidine rings is 1. The smallest absolute Gasteiger partial charge is 0.273 e. The fourth-order valence-corrected chi connectivity index (χ4v) is 5.18. The van der Waals surface area contributed by atoms with Crippen molar-refractivity contribution in [3.63, 3.8) is 0 Å². The Hall–Kier alpha value is -2.74. The highest BCUT2D eigenvalue weighted by Gasteiger charge is 2.29. The van der Waals surface area contributed by atoms with Gasteiger partial charge in [0.15, 0.2) is 0 Å². The van der Waals surface area contributed by atoms with E-state index in [1.165, 1.54) is 31.2 Å². The molecule has 2 saturated heterocycles. The van der Waals surface area contributed by atoms with Crippen LogP contribution in [0.2, 0.25) is 0 Å². The molecule has 8 heteroatoms. The largest absolute Gasteiger partial charge is 0.356 e. The van der Waals surface area contributed by atoms with Gasteiger partial charge in [-0.1, -0.05) is 25.1 Å². The third kappa shape index (κ3) is 4.28. The van der Waals surface area contributed by atoms with Crippen molar-refractivity contribution in [2.24, 2.45) is 5.92 Å². The number of fused-ring (bicyclic) bond motifs is 1. The van der Waals surface area contributed by atoms with Crippen molar-refractivity contribution in [2.75, 3.05) is 42.5 Å². The first-order chi connectivity index (χ1) is 15.6. The first-order valence-corrected chi connectivity index (χ1v) is 11.9. The maximum atomic E-state index is 11.5. The summed E-state index contributed by atoms with van der Waals surface area (Å²) < 4.78 is 0. The number of anilines is 2. The minimum atomic E-state index is -0.280. The Morgan fingerprint density at radius 1 is 1.03 bits per heavy atom. The standard InChI is InChI=1S/C24H32N6O2/c1-18-8-14-29(15-9-18)24-25-21-10-13-27(16-19-6-2-3-7-22(19)30(31)32)17-20(21)23(26-24)28-11-4-5-12-28/h2-3,6-7,18H,4-5,8-17H2,1H3. The van der Waals surface area contributed by atoms with Crippen LogP contribution in [0.15, 0.2) is 24.3 Å². The van der Waals surface area contributed by atoms with Crippen LogP contribution in [-0.4, -0.2) is 52.5 Å². The molecule has 4 heterocycles. The van der Waals surface area contributed by atoms with E-state index in [4.69, 9.17) is 9.97 Å². The summed E-state index contributed by atoms with van der Waals surface area (Å²) in [6.07, 6.45) is 5.66. The lowest BCUT2D eigenvalue weighted by Crippen LogP contribution is -2.37. The summed E-state index contributed by atoms with van der Waals surface area (Å²) in [6.45, 7) is 8.64. The maximum absolute atomic E-state index is 11.5. The van der Waals surface area contributed by atoms with Gasteiger partial charge in [0, 0.05) is 69.4 Å². The number of aromatic nitrogens is 2. The molecule has 5 rings (SSSR count). The van der Waals surface area contributed by atoms with Crippen molar-refractivity contribution in [3.8, 4) is 0 Å². The summed E-state index contributed by atoms with van der Waals surface area (Å²) in [5.41, 5.74) is 3.34. The minimum Gasteiger partial charge on any atom is -0.356 e. The van der Waals surface area contributed by atoms with Gasteiger partial charge >= 0.3 is 0 Å². The molecule has 0 amide bonds. The van der Waals surface area contributed by atoms with E-state index in [9.17, 15) is 10.1 Å². The second kappa shape index (κ2) is 9.02. The van der Waals surface area contributed by atoms with Gasteiger partial charge < -0.3 is 9.80 Å². The Labute approximate surface area is 189 Å². The third-order valence-electron chi connectivity index (χ3n) is 7.16. The number of rotatable bonds is 5. The summed E-state index contributed by atoms with van der Waals surface area (Å²) in [5, 5.41) is 11.5. The lowest BCUT2D eigenvalue weighted by molar-refractivity contribution is -0.385. The molecule has 0 aliphatic carbocycles. The van der Waals surface area contributed by atoms with Crippen LogP contribution in [0.25, 0.3) is 0 Å². The van der Waals surface area contributed by atoms with Gasteiger partial charge in [0.2, 0.25) is 5.95 Å².